The van der Waals surface area contributed by atoms with Crippen molar-refractivity contribution >= 4 is 35.4 Å². The first-order chi connectivity index (χ1) is 16.5. The van der Waals surface area contributed by atoms with Gasteiger partial charge in [-0.2, -0.15) is 0 Å². The number of fused-ring (bicyclic) bond motifs is 1. The van der Waals surface area contributed by atoms with E-state index in [1.54, 1.807) is 39.0 Å². The van der Waals surface area contributed by atoms with Gasteiger partial charge in [0.25, 0.3) is 5.91 Å². The Kier molecular flexibility index (Phi) is 8.11. The van der Waals surface area contributed by atoms with Crippen LogP contribution in [0.25, 0.3) is 0 Å². The second-order valence-electron chi connectivity index (χ2n) is 9.70. The Morgan fingerprint density at radius 1 is 1.23 bits per heavy atom. The zero-order valence-electron chi connectivity index (χ0n) is 20.3. The molecule has 1 fully saturated rings. The van der Waals surface area contributed by atoms with E-state index >= 15 is 0 Å². The van der Waals surface area contributed by atoms with E-state index in [1.807, 2.05) is 0 Å². The molecule has 35 heavy (non-hydrogen) atoms. The molecule has 0 aliphatic carbocycles. The fourth-order valence-corrected chi connectivity index (χ4v) is 4.13. The van der Waals surface area contributed by atoms with Gasteiger partial charge in [-0.25, -0.2) is 4.79 Å². The molecule has 1 unspecified atom stereocenters. The smallest absolute Gasteiger partial charge is 0.408 e. The molecule has 5 amide bonds. The maximum atomic E-state index is 13.1. The van der Waals surface area contributed by atoms with Crippen LogP contribution in [-0.4, -0.2) is 58.9 Å². The average Bonchev–Trinajstić information content (AvgIpc) is 3.09. The third kappa shape index (κ3) is 6.56. The highest BCUT2D eigenvalue weighted by Crippen LogP contribution is 2.32. The van der Waals surface area contributed by atoms with E-state index in [0.29, 0.717) is 42.6 Å². The lowest BCUT2D eigenvalue weighted by Crippen LogP contribution is -2.52. The second kappa shape index (κ2) is 10.9. The number of nitrogens with two attached hydrogens (primary N) is 1. The molecule has 2 heterocycles. The first-order valence-corrected chi connectivity index (χ1v) is 11.8. The molecule has 2 aliphatic rings. The summed E-state index contributed by atoms with van der Waals surface area (Å²) in [6.45, 7) is 5.78. The fourth-order valence-electron chi connectivity index (χ4n) is 4.13. The van der Waals surface area contributed by atoms with Crippen LogP contribution in [0.4, 0.5) is 10.5 Å². The topological polar surface area (TPSA) is 160 Å². The van der Waals surface area contributed by atoms with Crippen molar-refractivity contribution in [1.29, 1.82) is 0 Å². The SMILES string of the molecule is CC(C)(C)OC(=O)N[C@H](CCCCN)C(=O)Nc1cccc2c1CN(C1CCC(=O)NC1=O)C2=O. The predicted octanol–water partition coefficient (Wildman–Crippen LogP) is 1.41. The quantitative estimate of drug-likeness (QED) is 0.318. The van der Waals surface area contributed by atoms with E-state index < -0.39 is 35.6 Å². The van der Waals surface area contributed by atoms with E-state index in [2.05, 4.69) is 16.0 Å². The number of piperidine rings is 1. The van der Waals surface area contributed by atoms with Gasteiger partial charge in [0.15, 0.2) is 0 Å². The lowest BCUT2D eigenvalue weighted by atomic mass is 10.0. The fraction of sp³-hybridized carbons (Fsp3) is 0.542. The van der Waals surface area contributed by atoms with E-state index in [9.17, 15) is 24.0 Å². The molecule has 5 N–H and O–H groups in total. The van der Waals surface area contributed by atoms with Gasteiger partial charge in [-0.1, -0.05) is 6.07 Å². The molecule has 3 rings (SSSR count). The van der Waals surface area contributed by atoms with Crippen molar-refractivity contribution in [3.05, 3.63) is 29.3 Å². The standard InChI is InChI=1S/C24H33N5O6/c1-24(2,3)35-23(34)27-17(8-4-5-12-25)20(31)26-16-9-6-7-14-15(16)13-29(22(14)33)18-10-11-19(30)28-21(18)32/h6-7,9,17-18H,4-5,8,10-13,25H2,1-3H3,(H,26,31)(H,27,34)(H,28,30,32)/t17-,18?/m1/s1. The summed E-state index contributed by atoms with van der Waals surface area (Å²) in [7, 11) is 0. The Morgan fingerprint density at radius 3 is 2.63 bits per heavy atom. The van der Waals surface area contributed by atoms with Gasteiger partial charge in [0.1, 0.15) is 17.7 Å². The number of carbonyl (C=O) groups excluding carboxylic acids is 5. The molecule has 0 spiro atoms. The number of benzene rings is 1. The summed E-state index contributed by atoms with van der Waals surface area (Å²) in [5.41, 5.74) is 6.23. The van der Waals surface area contributed by atoms with Gasteiger partial charge >= 0.3 is 6.09 Å². The number of imide groups is 1. The Hall–Kier alpha value is -3.47. The number of nitrogens with one attached hydrogen (secondary N) is 3. The number of hydrogen-bond donors (Lipinski definition) is 4. The van der Waals surface area contributed by atoms with Crippen LogP contribution in [0.3, 0.4) is 0 Å². The van der Waals surface area contributed by atoms with Crippen molar-refractivity contribution in [3.8, 4) is 0 Å². The maximum Gasteiger partial charge on any atom is 0.408 e. The minimum atomic E-state index is -0.865. The predicted molar refractivity (Wildman–Crippen MR) is 127 cm³/mol. The molecule has 11 nitrogen and oxygen atoms in total. The molecule has 1 aromatic carbocycles. The number of rotatable bonds is 8. The van der Waals surface area contributed by atoms with Gasteiger partial charge in [-0.05, 0) is 65.1 Å². The van der Waals surface area contributed by atoms with Crippen molar-refractivity contribution in [3.63, 3.8) is 0 Å². The average molecular weight is 488 g/mol. The summed E-state index contributed by atoms with van der Waals surface area (Å²) in [6, 6.07) is 3.33. The molecule has 0 aromatic heterocycles. The number of hydrogen-bond acceptors (Lipinski definition) is 7. The normalized spacial score (nSPS) is 18.6. The highest BCUT2D eigenvalue weighted by atomic mass is 16.6. The molecule has 190 valence electrons. The molecular formula is C24H33N5O6. The number of nitrogens with zero attached hydrogens (tertiary/aromatic N) is 1. The van der Waals surface area contributed by atoms with Gasteiger partial charge < -0.3 is 26.0 Å². The van der Waals surface area contributed by atoms with Gasteiger partial charge in [0, 0.05) is 29.8 Å². The van der Waals surface area contributed by atoms with Crippen molar-refractivity contribution < 1.29 is 28.7 Å². The van der Waals surface area contributed by atoms with Crippen LogP contribution in [0, 0.1) is 0 Å². The van der Waals surface area contributed by atoms with Gasteiger partial charge in [0.05, 0.1) is 0 Å². The summed E-state index contributed by atoms with van der Waals surface area (Å²) in [4.78, 5) is 63.7. The van der Waals surface area contributed by atoms with E-state index in [1.165, 1.54) is 4.90 Å². The summed E-state index contributed by atoms with van der Waals surface area (Å²) < 4.78 is 5.29. The molecule has 0 radical (unpaired) electrons. The van der Waals surface area contributed by atoms with Crippen LogP contribution in [0.15, 0.2) is 18.2 Å². The summed E-state index contributed by atoms with van der Waals surface area (Å²) in [5, 5.41) is 7.72. The Morgan fingerprint density at radius 2 is 1.97 bits per heavy atom. The highest BCUT2D eigenvalue weighted by molar-refractivity contribution is 6.07. The van der Waals surface area contributed by atoms with Gasteiger partial charge in [0.2, 0.25) is 17.7 Å². The molecule has 0 bridgehead atoms. The number of ether oxygens (including phenoxy) is 1. The molecule has 1 saturated heterocycles. The number of carbonyl (C=O) groups is 5. The maximum absolute atomic E-state index is 13.1. The zero-order chi connectivity index (χ0) is 25.8. The highest BCUT2D eigenvalue weighted by Gasteiger charge is 2.40. The summed E-state index contributed by atoms with van der Waals surface area (Å²) >= 11 is 0. The van der Waals surface area contributed by atoms with E-state index in [0.717, 1.165) is 0 Å². The van der Waals surface area contributed by atoms with Crippen LogP contribution in [0.1, 0.15) is 68.8 Å². The largest absolute Gasteiger partial charge is 0.444 e. The summed E-state index contributed by atoms with van der Waals surface area (Å²) in [5.74, 6) is -1.65. The molecule has 0 saturated carbocycles. The van der Waals surface area contributed by atoms with Crippen molar-refractivity contribution in [2.24, 2.45) is 5.73 Å². The minimum Gasteiger partial charge on any atom is -0.444 e. The van der Waals surface area contributed by atoms with Gasteiger partial charge in [-0.3, -0.25) is 24.5 Å². The first-order valence-electron chi connectivity index (χ1n) is 11.8. The molecular weight excluding hydrogens is 454 g/mol. The van der Waals surface area contributed by atoms with Crippen molar-refractivity contribution in [2.45, 2.75) is 77.1 Å². The Labute approximate surface area is 204 Å². The van der Waals surface area contributed by atoms with E-state index in [4.69, 9.17) is 10.5 Å². The third-order valence-electron chi connectivity index (χ3n) is 5.79. The number of anilines is 1. The lowest BCUT2D eigenvalue weighted by molar-refractivity contribution is -0.137. The monoisotopic (exact) mass is 487 g/mol. The zero-order valence-corrected chi connectivity index (χ0v) is 20.3. The molecule has 2 aliphatic heterocycles. The van der Waals surface area contributed by atoms with Crippen LogP contribution >= 0.6 is 0 Å². The lowest BCUT2D eigenvalue weighted by Gasteiger charge is -2.29. The second-order valence-corrected chi connectivity index (χ2v) is 9.70. The molecule has 11 heteroatoms. The Bertz CT molecular complexity index is 1020. The van der Waals surface area contributed by atoms with Crippen LogP contribution in [-0.2, 0) is 25.7 Å². The van der Waals surface area contributed by atoms with Gasteiger partial charge in [-0.15, -0.1) is 0 Å². The molecule has 2 atom stereocenters. The van der Waals surface area contributed by atoms with Crippen molar-refractivity contribution in [1.82, 2.24) is 15.5 Å². The van der Waals surface area contributed by atoms with Crippen LogP contribution < -0.4 is 21.7 Å². The number of alkyl carbamates (subject to hydrolysis) is 1. The van der Waals surface area contributed by atoms with E-state index in [-0.39, 0.29) is 31.2 Å². The van der Waals surface area contributed by atoms with Crippen LogP contribution in [0.5, 0.6) is 0 Å². The summed E-state index contributed by atoms with van der Waals surface area (Å²) in [6.07, 6.45) is 1.37. The number of unbranched alkanes of at least 4 members (excludes halogenated alkanes) is 1. The number of amides is 5. The molecule has 1 aromatic rings. The van der Waals surface area contributed by atoms with Crippen molar-refractivity contribution in [2.75, 3.05) is 11.9 Å². The third-order valence-corrected chi connectivity index (χ3v) is 5.79. The Balaban J connectivity index is 1.75. The van der Waals surface area contributed by atoms with Crippen LogP contribution in [0.2, 0.25) is 0 Å². The minimum absolute atomic E-state index is 0.119. The first kappa shape index (κ1) is 26.1.